The van der Waals surface area contributed by atoms with Gasteiger partial charge in [-0.25, -0.2) is 0 Å². The maximum atomic E-state index is 11.9. The van der Waals surface area contributed by atoms with Crippen molar-refractivity contribution in [3.8, 4) is 0 Å². The Morgan fingerprint density at radius 3 is 3.00 bits per heavy atom. The molecule has 0 radical (unpaired) electrons. The van der Waals surface area contributed by atoms with Crippen LogP contribution in [0.4, 0.5) is 0 Å². The largest absolute Gasteiger partial charge is 0.481 e. The van der Waals surface area contributed by atoms with E-state index in [1.165, 1.54) is 0 Å². The number of nitrogens with one attached hydrogen (secondary N) is 1. The number of aliphatic carboxylic acids is 1. The highest BCUT2D eigenvalue weighted by Crippen LogP contribution is 2.47. The lowest BCUT2D eigenvalue weighted by Gasteiger charge is -2.29. The summed E-state index contributed by atoms with van der Waals surface area (Å²) in [5.41, 5.74) is 0. The van der Waals surface area contributed by atoms with Crippen LogP contribution in [0.15, 0.2) is 0 Å². The molecule has 2 aliphatic rings. The van der Waals surface area contributed by atoms with Gasteiger partial charge in [0.25, 0.3) is 0 Å². The lowest BCUT2D eigenvalue weighted by Crippen LogP contribution is -2.50. The third-order valence-electron chi connectivity index (χ3n) is 3.39. The quantitative estimate of drug-likeness (QED) is 0.754. The minimum atomic E-state index is -0.946. The van der Waals surface area contributed by atoms with E-state index in [1.54, 1.807) is 16.7 Å². The fourth-order valence-corrected chi connectivity index (χ4v) is 3.86. The van der Waals surface area contributed by atoms with Crippen molar-refractivity contribution in [1.82, 2.24) is 10.2 Å². The average molecular weight is 272 g/mol. The van der Waals surface area contributed by atoms with E-state index in [2.05, 4.69) is 5.32 Å². The van der Waals surface area contributed by atoms with Gasteiger partial charge >= 0.3 is 5.97 Å². The summed E-state index contributed by atoms with van der Waals surface area (Å²) in [5, 5.41) is 11.1. The van der Waals surface area contributed by atoms with Gasteiger partial charge in [0.05, 0.1) is 11.3 Å². The molecule has 2 aliphatic heterocycles. The molecule has 0 aromatic heterocycles. The Balaban J connectivity index is 1.95. The number of amides is 2. The van der Waals surface area contributed by atoms with Crippen LogP contribution in [0.25, 0.3) is 0 Å². The highest BCUT2D eigenvalue weighted by atomic mass is 32.2. The van der Waals surface area contributed by atoms with Crippen molar-refractivity contribution in [2.24, 2.45) is 0 Å². The van der Waals surface area contributed by atoms with Gasteiger partial charge < -0.3 is 15.3 Å². The van der Waals surface area contributed by atoms with Crippen molar-refractivity contribution in [3.05, 3.63) is 0 Å². The van der Waals surface area contributed by atoms with E-state index in [0.29, 0.717) is 12.2 Å². The fraction of sp³-hybridized carbons (Fsp3) is 0.727. The molecule has 6 nitrogen and oxygen atoms in total. The third kappa shape index (κ3) is 2.31. The van der Waals surface area contributed by atoms with Crippen molar-refractivity contribution in [3.63, 3.8) is 0 Å². The van der Waals surface area contributed by atoms with E-state index >= 15 is 0 Å². The first kappa shape index (κ1) is 13.2. The van der Waals surface area contributed by atoms with Gasteiger partial charge in [-0.1, -0.05) is 0 Å². The summed E-state index contributed by atoms with van der Waals surface area (Å²) in [6.45, 7) is 2.08. The van der Waals surface area contributed by atoms with Crippen LogP contribution in [0, 0.1) is 0 Å². The van der Waals surface area contributed by atoms with Crippen LogP contribution >= 0.6 is 11.8 Å². The van der Waals surface area contributed by atoms with Crippen molar-refractivity contribution in [2.45, 2.75) is 37.1 Å². The third-order valence-corrected chi connectivity index (χ3v) is 4.89. The van der Waals surface area contributed by atoms with Crippen LogP contribution in [-0.4, -0.2) is 51.0 Å². The summed E-state index contributed by atoms with van der Waals surface area (Å²) in [7, 11) is 0. The predicted molar refractivity (Wildman–Crippen MR) is 66.0 cm³/mol. The molecule has 2 amide bonds. The zero-order valence-electron chi connectivity index (χ0n) is 10.1. The smallest absolute Gasteiger partial charge is 0.305 e. The van der Waals surface area contributed by atoms with Gasteiger partial charge in [-0.05, 0) is 13.3 Å². The second kappa shape index (κ2) is 4.79. The monoisotopic (exact) mass is 272 g/mol. The van der Waals surface area contributed by atoms with E-state index in [-0.39, 0.29) is 29.7 Å². The molecule has 2 N–H and O–H groups in total. The maximum absolute atomic E-state index is 11.9. The number of hydrogen-bond donors (Lipinski definition) is 2. The molecule has 18 heavy (non-hydrogen) atoms. The molecule has 100 valence electrons. The Morgan fingerprint density at radius 2 is 2.33 bits per heavy atom. The number of thioether (sulfide) groups is 1. The molecule has 7 heteroatoms. The predicted octanol–water partition coefficient (Wildman–Crippen LogP) is 0.0313. The minimum Gasteiger partial charge on any atom is -0.481 e. The first-order valence-electron chi connectivity index (χ1n) is 5.90. The molecule has 0 aromatic carbocycles. The zero-order chi connectivity index (χ0) is 13.3. The summed E-state index contributed by atoms with van der Waals surface area (Å²) in [6, 6.07) is -0.455. The molecule has 0 spiro atoms. The number of nitrogens with zero attached hydrogens (tertiary/aromatic N) is 1. The van der Waals surface area contributed by atoms with Gasteiger partial charge in [0.1, 0.15) is 6.04 Å². The van der Waals surface area contributed by atoms with Crippen LogP contribution in [0.3, 0.4) is 0 Å². The SMILES string of the molecule is CC12CCC(=O)N1C(C(=O)NCCC(=O)O)CS2. The Bertz CT molecular complexity index is 401. The van der Waals surface area contributed by atoms with Gasteiger partial charge in [0.2, 0.25) is 11.8 Å². The number of fused-ring (bicyclic) bond motifs is 1. The summed E-state index contributed by atoms with van der Waals surface area (Å²) in [6.07, 6.45) is 1.16. The Kier molecular flexibility index (Phi) is 3.52. The van der Waals surface area contributed by atoms with Crippen LogP contribution < -0.4 is 5.32 Å². The summed E-state index contributed by atoms with van der Waals surface area (Å²) in [5.74, 6) is -0.594. The molecule has 2 fully saturated rings. The standard InChI is InChI=1S/C11H16N2O4S/c1-11-4-2-8(14)13(11)7(6-18-11)10(17)12-5-3-9(15)16/h7H,2-6H2,1H3,(H,12,17)(H,15,16). The number of rotatable bonds is 4. The lowest BCUT2D eigenvalue weighted by atomic mass is 10.2. The highest BCUT2D eigenvalue weighted by Gasteiger charge is 2.52. The molecule has 2 unspecified atom stereocenters. The molecule has 0 aromatic rings. The highest BCUT2D eigenvalue weighted by molar-refractivity contribution is 8.01. The van der Waals surface area contributed by atoms with Crippen molar-refractivity contribution in [2.75, 3.05) is 12.3 Å². The van der Waals surface area contributed by atoms with E-state index in [4.69, 9.17) is 5.11 Å². The van der Waals surface area contributed by atoms with Crippen molar-refractivity contribution >= 4 is 29.5 Å². The molecule has 0 saturated carbocycles. The Morgan fingerprint density at radius 1 is 1.61 bits per heavy atom. The van der Waals surface area contributed by atoms with E-state index < -0.39 is 12.0 Å². The average Bonchev–Trinajstić information content (AvgIpc) is 2.76. The van der Waals surface area contributed by atoms with E-state index in [0.717, 1.165) is 6.42 Å². The second-order valence-corrected chi connectivity index (χ2v) is 6.20. The first-order chi connectivity index (χ1) is 8.44. The van der Waals surface area contributed by atoms with Crippen molar-refractivity contribution < 1.29 is 19.5 Å². The summed E-state index contributed by atoms with van der Waals surface area (Å²) < 4.78 is 0. The number of carbonyl (C=O) groups is 3. The zero-order valence-corrected chi connectivity index (χ0v) is 11.0. The molecule has 0 aliphatic carbocycles. The fourth-order valence-electron chi connectivity index (χ4n) is 2.43. The number of carbonyl (C=O) groups excluding carboxylic acids is 2. The molecule has 0 bridgehead atoms. The lowest BCUT2D eigenvalue weighted by molar-refractivity contribution is -0.139. The van der Waals surface area contributed by atoms with Crippen molar-refractivity contribution in [1.29, 1.82) is 0 Å². The topological polar surface area (TPSA) is 86.7 Å². The van der Waals surface area contributed by atoms with Crippen LogP contribution in [0.1, 0.15) is 26.2 Å². The normalized spacial score (nSPS) is 30.4. The van der Waals surface area contributed by atoms with Crippen LogP contribution in [0.5, 0.6) is 0 Å². The first-order valence-corrected chi connectivity index (χ1v) is 6.88. The van der Waals surface area contributed by atoms with E-state index in [1.807, 2.05) is 6.92 Å². The van der Waals surface area contributed by atoms with Crippen LogP contribution in [-0.2, 0) is 14.4 Å². The number of carboxylic acid groups (broad SMARTS) is 1. The van der Waals surface area contributed by atoms with E-state index in [9.17, 15) is 14.4 Å². The molecular weight excluding hydrogens is 256 g/mol. The van der Waals surface area contributed by atoms with Gasteiger partial charge in [-0.2, -0.15) is 0 Å². The second-order valence-electron chi connectivity index (χ2n) is 4.70. The summed E-state index contributed by atoms with van der Waals surface area (Å²) >= 11 is 1.62. The van der Waals surface area contributed by atoms with Gasteiger partial charge in [-0.3, -0.25) is 14.4 Å². The molecule has 2 atom stereocenters. The molecule has 2 rings (SSSR count). The Labute approximate surface area is 109 Å². The van der Waals surface area contributed by atoms with Gasteiger partial charge in [0.15, 0.2) is 0 Å². The molecular formula is C11H16N2O4S. The number of hydrogen-bond acceptors (Lipinski definition) is 4. The molecule has 2 heterocycles. The van der Waals surface area contributed by atoms with Gasteiger partial charge in [0, 0.05) is 18.7 Å². The minimum absolute atomic E-state index is 0.0147. The molecule has 2 saturated heterocycles. The summed E-state index contributed by atoms with van der Waals surface area (Å²) in [4.78, 5) is 35.5. The van der Waals surface area contributed by atoms with Gasteiger partial charge in [-0.15, -0.1) is 11.8 Å². The number of carboxylic acids is 1. The maximum Gasteiger partial charge on any atom is 0.305 e. The Hall–Kier alpha value is -1.24. The van der Waals surface area contributed by atoms with Crippen LogP contribution in [0.2, 0.25) is 0 Å².